The maximum atomic E-state index is 12.0. The van der Waals surface area contributed by atoms with Gasteiger partial charge in [0.1, 0.15) is 4.83 Å². The van der Waals surface area contributed by atoms with Gasteiger partial charge in [0.15, 0.2) is 6.61 Å². The van der Waals surface area contributed by atoms with E-state index < -0.39 is 12.8 Å². The lowest BCUT2D eigenvalue weighted by molar-refractivity contribution is -0.153. The number of ether oxygens (including phenoxy) is 1. The van der Waals surface area contributed by atoms with Gasteiger partial charge in [0.2, 0.25) is 11.2 Å². The van der Waals surface area contributed by atoms with Crippen molar-refractivity contribution in [3.8, 4) is 5.88 Å². The van der Waals surface area contributed by atoms with Crippen molar-refractivity contribution in [1.29, 1.82) is 0 Å². The van der Waals surface area contributed by atoms with Gasteiger partial charge in [-0.05, 0) is 24.6 Å². The first-order chi connectivity index (χ1) is 7.85. The van der Waals surface area contributed by atoms with Crippen LogP contribution in [0.4, 0.5) is 13.2 Å². The molecule has 0 atom stereocenters. The topological polar surface area (TPSA) is 35.0 Å². The molecule has 3 nitrogen and oxygen atoms in total. The third-order valence-electron chi connectivity index (χ3n) is 1.83. The van der Waals surface area contributed by atoms with E-state index >= 15 is 0 Å². The summed E-state index contributed by atoms with van der Waals surface area (Å²) in [5, 5.41) is 0.317. The monoisotopic (exact) mass is 282 g/mol. The Bertz CT molecular complexity index is 555. The van der Waals surface area contributed by atoms with E-state index in [2.05, 4.69) is 14.7 Å². The number of halogens is 4. The van der Waals surface area contributed by atoms with Gasteiger partial charge in [-0.3, -0.25) is 0 Å². The smallest absolute Gasteiger partial charge is 0.422 e. The molecule has 0 radical (unpaired) electrons. The average Bonchev–Trinajstić information content (AvgIpc) is 2.53. The molecule has 8 heteroatoms. The van der Waals surface area contributed by atoms with Crippen LogP contribution in [0.5, 0.6) is 5.88 Å². The van der Waals surface area contributed by atoms with Crippen molar-refractivity contribution in [2.24, 2.45) is 0 Å². The number of hydrogen-bond acceptors (Lipinski definition) is 4. The van der Waals surface area contributed by atoms with Crippen LogP contribution in [0.3, 0.4) is 0 Å². The normalized spacial score (nSPS) is 12.1. The summed E-state index contributed by atoms with van der Waals surface area (Å²) < 4.78 is 40.8. The molecular formula is C9H6ClF3N2OS. The zero-order valence-corrected chi connectivity index (χ0v) is 10.1. The number of aryl methyl sites for hydroxylation is 1. The second kappa shape index (κ2) is 4.30. The largest absolute Gasteiger partial charge is 0.467 e. The van der Waals surface area contributed by atoms with E-state index in [4.69, 9.17) is 11.6 Å². The molecule has 2 aromatic heterocycles. The summed E-state index contributed by atoms with van der Waals surface area (Å²) in [4.78, 5) is 8.98. The van der Waals surface area contributed by atoms with Crippen LogP contribution < -0.4 is 4.74 Å². The molecule has 2 aromatic rings. The molecule has 0 saturated carbocycles. The van der Waals surface area contributed by atoms with E-state index in [1.165, 1.54) is 11.3 Å². The van der Waals surface area contributed by atoms with Gasteiger partial charge in [0, 0.05) is 4.88 Å². The van der Waals surface area contributed by atoms with E-state index in [9.17, 15) is 13.2 Å². The van der Waals surface area contributed by atoms with Crippen LogP contribution in [0.1, 0.15) is 4.88 Å². The third-order valence-corrected chi connectivity index (χ3v) is 2.94. The van der Waals surface area contributed by atoms with Gasteiger partial charge in [0.05, 0.1) is 5.39 Å². The van der Waals surface area contributed by atoms with Crippen molar-refractivity contribution in [3.05, 3.63) is 16.2 Å². The molecule has 0 aliphatic carbocycles. The summed E-state index contributed by atoms with van der Waals surface area (Å²) in [6.07, 6.45) is -4.41. The Hall–Kier alpha value is -1.08. The molecular weight excluding hydrogens is 277 g/mol. The van der Waals surface area contributed by atoms with Gasteiger partial charge in [-0.15, -0.1) is 11.3 Å². The fraction of sp³-hybridized carbons (Fsp3) is 0.333. The molecule has 0 bridgehead atoms. The highest BCUT2D eigenvalue weighted by molar-refractivity contribution is 7.18. The summed E-state index contributed by atoms with van der Waals surface area (Å²) in [5.74, 6) is -0.137. The molecule has 0 N–H and O–H groups in total. The van der Waals surface area contributed by atoms with E-state index in [1.807, 2.05) is 6.92 Å². The lowest BCUT2D eigenvalue weighted by Gasteiger charge is -2.08. The van der Waals surface area contributed by atoms with Gasteiger partial charge in [-0.1, -0.05) is 0 Å². The zero-order chi connectivity index (χ0) is 12.6. The minimum Gasteiger partial charge on any atom is -0.467 e. The average molecular weight is 283 g/mol. The van der Waals surface area contributed by atoms with Crippen LogP contribution in [0, 0.1) is 6.92 Å². The van der Waals surface area contributed by atoms with E-state index in [0.29, 0.717) is 10.2 Å². The van der Waals surface area contributed by atoms with Crippen LogP contribution in [-0.4, -0.2) is 22.8 Å². The third kappa shape index (κ3) is 2.98. The first-order valence-corrected chi connectivity index (χ1v) is 5.68. The molecule has 0 unspecified atom stereocenters. The van der Waals surface area contributed by atoms with Crippen LogP contribution in [-0.2, 0) is 0 Å². The molecule has 0 saturated heterocycles. The minimum absolute atomic E-state index is 0.128. The fourth-order valence-corrected chi connectivity index (χ4v) is 2.33. The Morgan fingerprint density at radius 3 is 2.76 bits per heavy atom. The van der Waals surface area contributed by atoms with Gasteiger partial charge in [0.25, 0.3) is 0 Å². The highest BCUT2D eigenvalue weighted by Gasteiger charge is 2.29. The Labute approximate surface area is 103 Å². The van der Waals surface area contributed by atoms with Crippen LogP contribution in [0.2, 0.25) is 5.28 Å². The number of hydrogen-bond donors (Lipinski definition) is 0. The van der Waals surface area contributed by atoms with Crippen molar-refractivity contribution in [1.82, 2.24) is 9.97 Å². The Morgan fingerprint density at radius 1 is 1.41 bits per heavy atom. The van der Waals surface area contributed by atoms with Gasteiger partial charge >= 0.3 is 6.18 Å². The molecule has 0 spiro atoms. The van der Waals surface area contributed by atoms with E-state index in [0.717, 1.165) is 4.88 Å². The Balaban J connectivity index is 2.38. The summed E-state index contributed by atoms with van der Waals surface area (Å²) in [5.41, 5.74) is 0. The highest BCUT2D eigenvalue weighted by Crippen LogP contribution is 2.31. The molecule has 2 rings (SSSR count). The van der Waals surface area contributed by atoms with Gasteiger partial charge in [-0.2, -0.15) is 18.2 Å². The number of fused-ring (bicyclic) bond motifs is 1. The molecule has 0 aliphatic heterocycles. The van der Waals surface area contributed by atoms with Crippen molar-refractivity contribution in [2.75, 3.05) is 6.61 Å². The summed E-state index contributed by atoms with van der Waals surface area (Å²) in [6, 6.07) is 1.67. The molecule has 2 heterocycles. The number of rotatable bonds is 2. The van der Waals surface area contributed by atoms with Crippen molar-refractivity contribution >= 4 is 33.2 Å². The van der Waals surface area contributed by atoms with Gasteiger partial charge in [-0.25, -0.2) is 4.98 Å². The number of thiophene rings is 1. The number of nitrogens with zero attached hydrogens (tertiary/aromatic N) is 2. The molecule has 0 fully saturated rings. The van der Waals surface area contributed by atoms with Crippen LogP contribution in [0.15, 0.2) is 6.07 Å². The first kappa shape index (κ1) is 12.4. The number of aromatic nitrogens is 2. The summed E-state index contributed by atoms with van der Waals surface area (Å²) in [6.45, 7) is 0.415. The van der Waals surface area contributed by atoms with Crippen molar-refractivity contribution in [3.63, 3.8) is 0 Å². The van der Waals surface area contributed by atoms with Crippen molar-refractivity contribution < 1.29 is 17.9 Å². The lowest BCUT2D eigenvalue weighted by atomic mass is 10.3. The zero-order valence-electron chi connectivity index (χ0n) is 8.51. The molecule has 0 aromatic carbocycles. The van der Waals surface area contributed by atoms with Crippen molar-refractivity contribution in [2.45, 2.75) is 13.1 Å². The van der Waals surface area contributed by atoms with E-state index in [-0.39, 0.29) is 11.2 Å². The molecule has 92 valence electrons. The molecule has 17 heavy (non-hydrogen) atoms. The maximum Gasteiger partial charge on any atom is 0.422 e. The standard InChI is InChI=1S/C9H6ClF3N2OS/c1-4-2-5-6(16-3-9(11,12)13)14-8(10)15-7(5)17-4/h2H,3H2,1H3. The van der Waals surface area contributed by atoms with Crippen LogP contribution >= 0.6 is 22.9 Å². The molecule has 0 aliphatic rings. The summed E-state index contributed by atoms with van der Waals surface area (Å²) in [7, 11) is 0. The number of alkyl halides is 3. The second-order valence-electron chi connectivity index (χ2n) is 3.28. The minimum atomic E-state index is -4.41. The van der Waals surface area contributed by atoms with Gasteiger partial charge < -0.3 is 4.74 Å². The first-order valence-electron chi connectivity index (χ1n) is 4.48. The Kier molecular flexibility index (Phi) is 3.13. The second-order valence-corrected chi connectivity index (χ2v) is 4.85. The van der Waals surface area contributed by atoms with E-state index in [1.54, 1.807) is 6.07 Å². The predicted octanol–water partition coefficient (Wildman–Crippen LogP) is 3.59. The summed E-state index contributed by atoms with van der Waals surface area (Å²) >= 11 is 6.92. The SMILES string of the molecule is Cc1cc2c(OCC(F)(F)F)nc(Cl)nc2s1. The lowest BCUT2D eigenvalue weighted by Crippen LogP contribution is -2.19. The highest BCUT2D eigenvalue weighted by atomic mass is 35.5. The van der Waals surface area contributed by atoms with Crippen LogP contribution in [0.25, 0.3) is 10.2 Å². The predicted molar refractivity (Wildman–Crippen MR) is 58.7 cm³/mol. The fourth-order valence-electron chi connectivity index (χ4n) is 1.25. The molecule has 0 amide bonds. The quantitative estimate of drug-likeness (QED) is 0.790. The maximum absolute atomic E-state index is 12.0. The Morgan fingerprint density at radius 2 is 2.12 bits per heavy atom.